The third-order valence-corrected chi connectivity index (χ3v) is 5.03. The van der Waals surface area contributed by atoms with Gasteiger partial charge in [0.25, 0.3) is 5.91 Å². The van der Waals surface area contributed by atoms with Gasteiger partial charge in [-0.3, -0.25) is 4.79 Å². The number of nitrogens with zero attached hydrogens (tertiary/aromatic N) is 3. The summed E-state index contributed by atoms with van der Waals surface area (Å²) < 4.78 is 12.6. The summed E-state index contributed by atoms with van der Waals surface area (Å²) in [6, 6.07) is 15.3. The molecule has 7 heteroatoms. The summed E-state index contributed by atoms with van der Waals surface area (Å²) in [7, 11) is 3.21. The first-order valence-electron chi connectivity index (χ1n) is 9.58. The van der Waals surface area contributed by atoms with Crippen molar-refractivity contribution in [1.29, 1.82) is 0 Å². The van der Waals surface area contributed by atoms with E-state index >= 15 is 0 Å². The fourth-order valence-electron chi connectivity index (χ4n) is 3.47. The molecular weight excluding hydrogens is 368 g/mol. The summed E-state index contributed by atoms with van der Waals surface area (Å²) in [4.78, 5) is 15.2. The summed E-state index contributed by atoms with van der Waals surface area (Å²) in [5.74, 6) is 1.27. The molecule has 150 valence electrons. The van der Waals surface area contributed by atoms with Crippen LogP contribution < -0.4 is 14.8 Å². The van der Waals surface area contributed by atoms with Crippen LogP contribution in [-0.4, -0.2) is 61.0 Å². The van der Waals surface area contributed by atoms with Crippen molar-refractivity contribution in [2.75, 3.05) is 40.4 Å². The molecule has 3 aromatic rings. The molecule has 0 atom stereocenters. The largest absolute Gasteiger partial charge is 0.497 e. The third-order valence-electron chi connectivity index (χ3n) is 5.03. The van der Waals surface area contributed by atoms with Crippen molar-refractivity contribution in [2.24, 2.45) is 0 Å². The van der Waals surface area contributed by atoms with E-state index in [2.05, 4.69) is 5.32 Å². The molecule has 1 amide bonds. The van der Waals surface area contributed by atoms with Gasteiger partial charge >= 0.3 is 0 Å². The summed E-state index contributed by atoms with van der Waals surface area (Å²) in [6.45, 7) is 2.93. The first-order valence-corrected chi connectivity index (χ1v) is 9.58. The van der Waals surface area contributed by atoms with Gasteiger partial charge in [0.15, 0.2) is 0 Å². The molecule has 0 radical (unpaired) electrons. The number of amides is 1. The first kappa shape index (κ1) is 19.0. The Kier molecular flexibility index (Phi) is 5.48. The second kappa shape index (κ2) is 8.36. The fourth-order valence-corrected chi connectivity index (χ4v) is 3.47. The molecule has 1 aliphatic rings. The molecule has 0 saturated carbocycles. The molecule has 0 aliphatic carbocycles. The van der Waals surface area contributed by atoms with Crippen LogP contribution in [0.3, 0.4) is 0 Å². The number of para-hydroxylation sites is 1. The number of aromatic nitrogens is 2. The van der Waals surface area contributed by atoms with Crippen molar-refractivity contribution < 1.29 is 14.3 Å². The Morgan fingerprint density at radius 3 is 2.48 bits per heavy atom. The lowest BCUT2D eigenvalue weighted by Crippen LogP contribution is -2.46. The number of methoxy groups -OCH3 is 2. The third kappa shape index (κ3) is 3.82. The second-order valence-electron chi connectivity index (χ2n) is 6.78. The number of nitrogens with one attached hydrogen (secondary N) is 1. The number of hydrogen-bond donors (Lipinski definition) is 1. The molecule has 1 aromatic heterocycles. The minimum absolute atomic E-state index is 0.0263. The first-order chi connectivity index (χ1) is 14.2. The summed E-state index contributed by atoms with van der Waals surface area (Å²) in [5.41, 5.74) is 2.79. The van der Waals surface area contributed by atoms with E-state index in [0.29, 0.717) is 35.8 Å². The Morgan fingerprint density at radius 1 is 1.03 bits per heavy atom. The maximum Gasteiger partial charge on any atom is 0.257 e. The van der Waals surface area contributed by atoms with E-state index < -0.39 is 0 Å². The maximum absolute atomic E-state index is 13.3. The minimum atomic E-state index is -0.0263. The van der Waals surface area contributed by atoms with Crippen molar-refractivity contribution in [1.82, 2.24) is 20.0 Å². The molecule has 2 aromatic carbocycles. The molecule has 0 bridgehead atoms. The smallest absolute Gasteiger partial charge is 0.257 e. The highest BCUT2D eigenvalue weighted by molar-refractivity contribution is 6.00. The van der Waals surface area contributed by atoms with E-state index in [4.69, 9.17) is 14.6 Å². The Morgan fingerprint density at radius 2 is 1.79 bits per heavy atom. The van der Waals surface area contributed by atoms with E-state index in [1.54, 1.807) is 31.2 Å². The predicted molar refractivity (Wildman–Crippen MR) is 111 cm³/mol. The number of rotatable bonds is 5. The Labute approximate surface area is 169 Å². The number of benzene rings is 2. The molecule has 0 spiro atoms. The van der Waals surface area contributed by atoms with Gasteiger partial charge in [-0.15, -0.1) is 0 Å². The normalized spacial score (nSPS) is 13.9. The SMILES string of the molecule is COc1ccc(-c2nn(-c3ccccc3)cc2C(=O)N2CCNCC2)c(OC)c1. The average Bonchev–Trinajstić information content (AvgIpc) is 3.24. The van der Waals surface area contributed by atoms with Gasteiger partial charge in [-0.25, -0.2) is 4.68 Å². The zero-order chi connectivity index (χ0) is 20.2. The number of hydrogen-bond acceptors (Lipinski definition) is 5. The van der Waals surface area contributed by atoms with E-state index in [-0.39, 0.29) is 5.91 Å². The quantitative estimate of drug-likeness (QED) is 0.723. The van der Waals surface area contributed by atoms with Gasteiger partial charge in [-0.1, -0.05) is 18.2 Å². The number of piperazine rings is 1. The van der Waals surface area contributed by atoms with Gasteiger partial charge in [0.2, 0.25) is 0 Å². The molecular formula is C22H24N4O3. The molecule has 4 rings (SSSR count). The summed E-state index contributed by atoms with van der Waals surface area (Å²) in [6.07, 6.45) is 1.80. The van der Waals surface area contributed by atoms with Crippen LogP contribution in [0, 0.1) is 0 Å². The predicted octanol–water partition coefficient (Wildman–Crippen LogP) is 2.60. The van der Waals surface area contributed by atoms with Crippen molar-refractivity contribution in [3.63, 3.8) is 0 Å². The molecule has 2 heterocycles. The van der Waals surface area contributed by atoms with Gasteiger partial charge < -0.3 is 19.7 Å². The van der Waals surface area contributed by atoms with Crippen LogP contribution in [0.2, 0.25) is 0 Å². The summed E-state index contributed by atoms with van der Waals surface area (Å²) in [5, 5.41) is 8.04. The van der Waals surface area contributed by atoms with E-state index in [0.717, 1.165) is 24.3 Å². The lowest BCUT2D eigenvalue weighted by atomic mass is 10.1. The van der Waals surface area contributed by atoms with Gasteiger partial charge in [0.1, 0.15) is 17.2 Å². The van der Waals surface area contributed by atoms with Crippen molar-refractivity contribution in [3.05, 3.63) is 60.3 Å². The zero-order valence-corrected chi connectivity index (χ0v) is 16.6. The lowest BCUT2D eigenvalue weighted by molar-refractivity contribution is 0.0736. The van der Waals surface area contributed by atoms with E-state index in [1.165, 1.54) is 0 Å². The average molecular weight is 392 g/mol. The lowest BCUT2D eigenvalue weighted by Gasteiger charge is -2.27. The van der Waals surface area contributed by atoms with Crippen molar-refractivity contribution >= 4 is 5.91 Å². The molecule has 1 aliphatic heterocycles. The van der Waals surface area contributed by atoms with Crippen LogP contribution in [-0.2, 0) is 0 Å². The molecule has 7 nitrogen and oxygen atoms in total. The topological polar surface area (TPSA) is 68.6 Å². The van der Waals surface area contributed by atoms with Crippen molar-refractivity contribution in [2.45, 2.75) is 0 Å². The van der Waals surface area contributed by atoms with E-state index in [1.807, 2.05) is 47.4 Å². The van der Waals surface area contributed by atoms with Crippen LogP contribution in [0.1, 0.15) is 10.4 Å². The second-order valence-corrected chi connectivity index (χ2v) is 6.78. The zero-order valence-electron chi connectivity index (χ0n) is 16.6. The highest BCUT2D eigenvalue weighted by Crippen LogP contribution is 2.35. The van der Waals surface area contributed by atoms with Gasteiger partial charge in [0.05, 0.1) is 25.5 Å². The maximum atomic E-state index is 13.3. The van der Waals surface area contributed by atoms with Crippen LogP contribution in [0.5, 0.6) is 11.5 Å². The molecule has 1 saturated heterocycles. The highest BCUT2D eigenvalue weighted by Gasteiger charge is 2.26. The molecule has 29 heavy (non-hydrogen) atoms. The monoisotopic (exact) mass is 392 g/mol. The molecule has 1 N–H and O–H groups in total. The number of ether oxygens (including phenoxy) is 2. The summed E-state index contributed by atoms with van der Waals surface area (Å²) >= 11 is 0. The van der Waals surface area contributed by atoms with Crippen LogP contribution in [0.25, 0.3) is 16.9 Å². The van der Waals surface area contributed by atoms with E-state index in [9.17, 15) is 4.79 Å². The Bertz CT molecular complexity index is 995. The Balaban J connectivity index is 1.83. The van der Waals surface area contributed by atoms with Crippen LogP contribution >= 0.6 is 0 Å². The Hall–Kier alpha value is -3.32. The molecule has 0 unspecified atom stereocenters. The minimum Gasteiger partial charge on any atom is -0.497 e. The van der Waals surface area contributed by atoms with Crippen LogP contribution in [0.15, 0.2) is 54.7 Å². The van der Waals surface area contributed by atoms with Gasteiger partial charge in [-0.2, -0.15) is 5.10 Å². The van der Waals surface area contributed by atoms with Crippen molar-refractivity contribution in [3.8, 4) is 28.4 Å². The van der Waals surface area contributed by atoms with Gasteiger partial charge in [-0.05, 0) is 24.3 Å². The van der Waals surface area contributed by atoms with Gasteiger partial charge in [0, 0.05) is 44.0 Å². The fraction of sp³-hybridized carbons (Fsp3) is 0.273. The molecule has 1 fully saturated rings. The highest BCUT2D eigenvalue weighted by atomic mass is 16.5. The number of carbonyl (C=O) groups excluding carboxylic acids is 1. The number of carbonyl (C=O) groups is 1. The van der Waals surface area contributed by atoms with Crippen LogP contribution in [0.4, 0.5) is 0 Å². The standard InChI is InChI=1S/C22H24N4O3/c1-28-17-8-9-18(20(14-17)29-2)21-19(22(27)25-12-10-23-11-13-25)15-26(24-21)16-6-4-3-5-7-16/h3-9,14-15,23H,10-13H2,1-2H3.